The first-order valence-electron chi connectivity index (χ1n) is 7.51. The molecule has 0 spiro atoms. The third-order valence-corrected chi connectivity index (χ3v) is 3.94. The van der Waals surface area contributed by atoms with Crippen LogP contribution in [0.5, 0.6) is 0 Å². The van der Waals surface area contributed by atoms with Gasteiger partial charge in [0.1, 0.15) is 0 Å². The highest BCUT2D eigenvalue weighted by Gasteiger charge is 2.10. The summed E-state index contributed by atoms with van der Waals surface area (Å²) in [4.78, 5) is 15.1. The lowest BCUT2D eigenvalue weighted by atomic mass is 10.1. The summed E-state index contributed by atoms with van der Waals surface area (Å²) >= 11 is 0. The number of hydrogen-bond acceptors (Lipinski definition) is 4. The van der Waals surface area contributed by atoms with Gasteiger partial charge in [0.2, 0.25) is 0 Å². The second-order valence-electron chi connectivity index (χ2n) is 5.45. The number of rotatable bonds is 3. The predicted molar refractivity (Wildman–Crippen MR) is 103 cm³/mol. The molecule has 0 bridgehead atoms. The topological polar surface area (TPSA) is 68.1 Å². The maximum Gasteiger partial charge on any atom is 0.269 e. The number of aromatic nitrogens is 1. The molecular weight excluding hydrogens is 338 g/mol. The molecule has 0 aliphatic carbocycles. The number of halogens is 1. The Morgan fingerprint density at radius 1 is 0.800 bits per heavy atom. The number of para-hydroxylation sites is 2. The number of benzene rings is 3. The molecule has 3 aromatic carbocycles. The van der Waals surface area contributed by atoms with Crippen molar-refractivity contribution in [3.05, 3.63) is 82.9 Å². The quantitative estimate of drug-likeness (QED) is 0.302. The molecule has 0 amide bonds. The molecule has 5 nitrogen and oxygen atoms in total. The molecule has 25 heavy (non-hydrogen) atoms. The van der Waals surface area contributed by atoms with E-state index in [4.69, 9.17) is 0 Å². The number of nitrogens with one attached hydrogen (secondary N) is 1. The minimum absolute atomic E-state index is 0. The Balaban J connectivity index is 0.00000182. The Bertz CT molecular complexity index is 1010. The van der Waals surface area contributed by atoms with Gasteiger partial charge in [-0.25, -0.2) is 4.98 Å². The fourth-order valence-corrected chi connectivity index (χ4v) is 2.79. The van der Waals surface area contributed by atoms with Crippen LogP contribution in [-0.4, -0.2) is 9.91 Å². The molecule has 0 saturated carbocycles. The minimum Gasteiger partial charge on any atom is -0.354 e. The van der Waals surface area contributed by atoms with Crippen molar-refractivity contribution in [2.45, 2.75) is 0 Å². The Kier molecular flexibility index (Phi) is 4.50. The summed E-state index contributed by atoms with van der Waals surface area (Å²) in [6, 6.07) is 22.3. The van der Waals surface area contributed by atoms with Crippen LogP contribution >= 0.6 is 12.4 Å². The normalized spacial score (nSPS) is 10.4. The van der Waals surface area contributed by atoms with E-state index in [2.05, 4.69) is 10.3 Å². The summed E-state index contributed by atoms with van der Waals surface area (Å²) in [5.41, 5.74) is 3.62. The first-order valence-corrected chi connectivity index (χ1v) is 7.51. The van der Waals surface area contributed by atoms with Crippen LogP contribution in [0.2, 0.25) is 0 Å². The average molecular weight is 352 g/mol. The maximum atomic E-state index is 10.8. The Labute approximate surface area is 149 Å². The molecule has 124 valence electrons. The molecule has 0 aliphatic rings. The fraction of sp³-hybridized carbons (Fsp3) is 0. The van der Waals surface area contributed by atoms with Gasteiger partial charge in [-0.2, -0.15) is 0 Å². The van der Waals surface area contributed by atoms with E-state index in [1.807, 2.05) is 48.5 Å². The number of nitro benzene ring substituents is 1. The van der Waals surface area contributed by atoms with Gasteiger partial charge < -0.3 is 5.32 Å². The van der Waals surface area contributed by atoms with E-state index in [0.717, 1.165) is 33.2 Å². The molecule has 1 N–H and O–H groups in total. The third-order valence-electron chi connectivity index (χ3n) is 3.94. The molecule has 0 unspecified atom stereocenters. The number of anilines is 2. The number of pyridine rings is 1. The van der Waals surface area contributed by atoms with Crippen LogP contribution in [0.4, 0.5) is 17.1 Å². The van der Waals surface area contributed by atoms with Gasteiger partial charge in [0.15, 0.2) is 0 Å². The van der Waals surface area contributed by atoms with Crippen LogP contribution in [0.3, 0.4) is 0 Å². The Hall–Kier alpha value is -3.18. The van der Waals surface area contributed by atoms with E-state index in [0.29, 0.717) is 0 Å². The summed E-state index contributed by atoms with van der Waals surface area (Å²) in [5.74, 6) is 0. The molecule has 1 heterocycles. The number of hydrogen-bond donors (Lipinski definition) is 1. The zero-order chi connectivity index (χ0) is 16.5. The molecule has 6 heteroatoms. The number of fused-ring (bicyclic) bond motifs is 2. The van der Waals surface area contributed by atoms with Gasteiger partial charge in [0, 0.05) is 28.6 Å². The average Bonchev–Trinajstić information content (AvgIpc) is 2.62. The number of non-ortho nitro benzene ring substituents is 1. The van der Waals surface area contributed by atoms with E-state index in [-0.39, 0.29) is 18.1 Å². The lowest BCUT2D eigenvalue weighted by Gasteiger charge is -2.13. The molecule has 0 aliphatic heterocycles. The molecule has 0 atom stereocenters. The van der Waals surface area contributed by atoms with E-state index in [1.165, 1.54) is 12.1 Å². The molecule has 4 aromatic rings. The van der Waals surface area contributed by atoms with Gasteiger partial charge in [0.05, 0.1) is 21.6 Å². The molecule has 0 fully saturated rings. The van der Waals surface area contributed by atoms with Gasteiger partial charge in [0.25, 0.3) is 5.69 Å². The lowest BCUT2D eigenvalue weighted by Crippen LogP contribution is -1.95. The van der Waals surface area contributed by atoms with Crippen LogP contribution in [0.25, 0.3) is 21.8 Å². The molecule has 1 aromatic heterocycles. The van der Waals surface area contributed by atoms with Crippen molar-refractivity contribution in [2.24, 2.45) is 0 Å². The summed E-state index contributed by atoms with van der Waals surface area (Å²) in [6.07, 6.45) is 0. The SMILES string of the molecule is Cl.O=[N+]([O-])c1ccc(Nc2c3ccccc3nc3ccccc23)cc1. The Morgan fingerprint density at radius 2 is 1.32 bits per heavy atom. The largest absolute Gasteiger partial charge is 0.354 e. The van der Waals surface area contributed by atoms with Gasteiger partial charge >= 0.3 is 0 Å². The van der Waals surface area contributed by atoms with E-state index >= 15 is 0 Å². The highest BCUT2D eigenvalue weighted by atomic mass is 35.5. The first-order chi connectivity index (χ1) is 11.7. The fourth-order valence-electron chi connectivity index (χ4n) is 2.79. The number of nitro groups is 1. The maximum absolute atomic E-state index is 10.8. The smallest absolute Gasteiger partial charge is 0.269 e. The standard InChI is InChI=1S/C19H13N3O2.ClH/c23-22(24)14-11-9-13(10-12-14)20-19-15-5-1-3-7-17(15)21-18-8-4-2-6-16(18)19;/h1-12H,(H,20,21);1H. The van der Waals surface area contributed by atoms with E-state index in [1.54, 1.807) is 12.1 Å². The summed E-state index contributed by atoms with van der Waals surface area (Å²) in [6.45, 7) is 0. The van der Waals surface area contributed by atoms with Crippen molar-refractivity contribution in [3.63, 3.8) is 0 Å². The lowest BCUT2D eigenvalue weighted by molar-refractivity contribution is -0.384. The van der Waals surface area contributed by atoms with Gasteiger partial charge in [-0.1, -0.05) is 36.4 Å². The van der Waals surface area contributed by atoms with E-state index in [9.17, 15) is 10.1 Å². The second-order valence-corrected chi connectivity index (χ2v) is 5.45. The highest BCUT2D eigenvalue weighted by molar-refractivity contribution is 6.08. The van der Waals surface area contributed by atoms with Crippen LogP contribution in [0, 0.1) is 10.1 Å². The summed E-state index contributed by atoms with van der Waals surface area (Å²) in [7, 11) is 0. The van der Waals surface area contributed by atoms with Crippen molar-refractivity contribution in [1.29, 1.82) is 0 Å². The van der Waals surface area contributed by atoms with Crippen LogP contribution in [-0.2, 0) is 0 Å². The zero-order valence-corrected chi connectivity index (χ0v) is 13.9. The van der Waals surface area contributed by atoms with Crippen LogP contribution in [0.1, 0.15) is 0 Å². The Morgan fingerprint density at radius 3 is 1.84 bits per heavy atom. The van der Waals surface area contributed by atoms with Crippen LogP contribution in [0.15, 0.2) is 72.8 Å². The summed E-state index contributed by atoms with van der Waals surface area (Å²) < 4.78 is 0. The minimum atomic E-state index is -0.402. The first kappa shape index (κ1) is 16.7. The monoisotopic (exact) mass is 351 g/mol. The van der Waals surface area contributed by atoms with Crippen molar-refractivity contribution < 1.29 is 4.92 Å². The predicted octanol–water partition coefficient (Wildman–Crippen LogP) is 5.46. The van der Waals surface area contributed by atoms with Crippen molar-refractivity contribution >= 4 is 51.3 Å². The van der Waals surface area contributed by atoms with E-state index < -0.39 is 4.92 Å². The highest BCUT2D eigenvalue weighted by Crippen LogP contribution is 2.33. The molecule has 0 radical (unpaired) electrons. The van der Waals surface area contributed by atoms with Crippen molar-refractivity contribution in [1.82, 2.24) is 4.98 Å². The van der Waals surface area contributed by atoms with Crippen molar-refractivity contribution in [3.8, 4) is 0 Å². The molecule has 0 saturated heterocycles. The third kappa shape index (κ3) is 3.09. The molecular formula is C19H14ClN3O2. The number of nitrogens with zero attached hydrogens (tertiary/aromatic N) is 2. The summed E-state index contributed by atoms with van der Waals surface area (Å²) in [5, 5.41) is 16.2. The van der Waals surface area contributed by atoms with Gasteiger partial charge in [-0.05, 0) is 24.3 Å². The van der Waals surface area contributed by atoms with Gasteiger partial charge in [-0.15, -0.1) is 12.4 Å². The molecule has 4 rings (SSSR count). The van der Waals surface area contributed by atoms with Crippen LogP contribution < -0.4 is 5.32 Å². The zero-order valence-electron chi connectivity index (χ0n) is 13.0. The second kappa shape index (κ2) is 6.75. The van der Waals surface area contributed by atoms with Gasteiger partial charge in [-0.3, -0.25) is 10.1 Å². The van der Waals surface area contributed by atoms with Crippen molar-refractivity contribution in [2.75, 3.05) is 5.32 Å².